The second kappa shape index (κ2) is 6.74. The lowest BCUT2D eigenvalue weighted by Crippen LogP contribution is -2.29. The zero-order chi connectivity index (χ0) is 19.8. The largest absolute Gasteiger partial charge is 0.504 e. The third-order valence-corrected chi connectivity index (χ3v) is 4.79. The van der Waals surface area contributed by atoms with Gasteiger partial charge in [-0.3, -0.25) is 9.59 Å². The zero-order valence-corrected chi connectivity index (χ0v) is 14.8. The molecule has 3 N–H and O–H groups in total. The van der Waals surface area contributed by atoms with E-state index in [-0.39, 0.29) is 23.3 Å². The SMILES string of the molecule is O=C1c2ccccc2C(=O)N1c1cccc(CCc2cc(O)c(O)c(O)c2)c1. The second-order valence-corrected chi connectivity index (χ2v) is 6.64. The summed E-state index contributed by atoms with van der Waals surface area (Å²) in [6, 6.07) is 16.7. The fraction of sp³-hybridized carbons (Fsp3) is 0.0909. The van der Waals surface area contributed by atoms with E-state index < -0.39 is 5.75 Å². The van der Waals surface area contributed by atoms with Crippen molar-refractivity contribution in [1.82, 2.24) is 0 Å². The third kappa shape index (κ3) is 2.95. The molecule has 1 aliphatic rings. The minimum atomic E-state index is -0.545. The van der Waals surface area contributed by atoms with E-state index in [1.807, 2.05) is 6.07 Å². The molecular weight excluding hydrogens is 358 g/mol. The van der Waals surface area contributed by atoms with Crippen LogP contribution >= 0.6 is 0 Å². The summed E-state index contributed by atoms with van der Waals surface area (Å²) in [6.45, 7) is 0. The highest BCUT2D eigenvalue weighted by atomic mass is 16.3. The van der Waals surface area contributed by atoms with Gasteiger partial charge in [0.25, 0.3) is 11.8 Å². The van der Waals surface area contributed by atoms with Gasteiger partial charge in [-0.2, -0.15) is 0 Å². The Morgan fingerprint density at radius 3 is 1.86 bits per heavy atom. The van der Waals surface area contributed by atoms with Gasteiger partial charge in [-0.05, 0) is 60.4 Å². The lowest BCUT2D eigenvalue weighted by molar-refractivity contribution is 0.0926. The summed E-state index contributed by atoms with van der Waals surface area (Å²) in [5.74, 6) is -1.99. The second-order valence-electron chi connectivity index (χ2n) is 6.64. The number of hydrogen-bond donors (Lipinski definition) is 3. The molecule has 1 aliphatic heterocycles. The molecule has 1 heterocycles. The Bertz CT molecular complexity index is 1050. The van der Waals surface area contributed by atoms with Crippen LogP contribution in [0.1, 0.15) is 31.8 Å². The molecule has 0 bridgehead atoms. The highest BCUT2D eigenvalue weighted by molar-refractivity contribution is 6.34. The van der Waals surface area contributed by atoms with E-state index in [9.17, 15) is 24.9 Å². The van der Waals surface area contributed by atoms with Crippen molar-refractivity contribution in [3.05, 3.63) is 82.9 Å². The molecule has 28 heavy (non-hydrogen) atoms. The number of aromatic hydroxyl groups is 3. The number of hydrogen-bond acceptors (Lipinski definition) is 5. The molecule has 0 aliphatic carbocycles. The van der Waals surface area contributed by atoms with Crippen LogP contribution in [0.25, 0.3) is 0 Å². The van der Waals surface area contributed by atoms with Crippen molar-refractivity contribution in [1.29, 1.82) is 0 Å². The maximum atomic E-state index is 12.6. The van der Waals surface area contributed by atoms with Gasteiger partial charge in [0.05, 0.1) is 16.8 Å². The van der Waals surface area contributed by atoms with Gasteiger partial charge in [0.15, 0.2) is 17.2 Å². The number of phenolic OH excluding ortho intramolecular Hbond substituents is 3. The molecule has 0 spiro atoms. The number of fused-ring (bicyclic) bond motifs is 1. The van der Waals surface area contributed by atoms with Crippen LogP contribution in [0.2, 0.25) is 0 Å². The monoisotopic (exact) mass is 375 g/mol. The van der Waals surface area contributed by atoms with E-state index in [4.69, 9.17) is 0 Å². The molecule has 0 atom stereocenters. The van der Waals surface area contributed by atoms with E-state index in [2.05, 4.69) is 0 Å². The van der Waals surface area contributed by atoms with Gasteiger partial charge in [-0.15, -0.1) is 0 Å². The number of amides is 2. The molecule has 0 saturated heterocycles. The number of aryl methyl sites for hydroxylation is 2. The fourth-order valence-electron chi connectivity index (χ4n) is 3.37. The van der Waals surface area contributed by atoms with Crippen molar-refractivity contribution in [2.24, 2.45) is 0 Å². The Morgan fingerprint density at radius 1 is 0.679 bits per heavy atom. The minimum Gasteiger partial charge on any atom is -0.504 e. The first-order chi connectivity index (χ1) is 13.5. The molecule has 0 unspecified atom stereocenters. The molecule has 6 nitrogen and oxygen atoms in total. The first-order valence-electron chi connectivity index (χ1n) is 8.76. The Labute approximate surface area is 160 Å². The molecule has 0 saturated carbocycles. The van der Waals surface area contributed by atoms with Crippen LogP contribution in [-0.4, -0.2) is 27.1 Å². The van der Waals surface area contributed by atoms with Crippen molar-refractivity contribution in [3.63, 3.8) is 0 Å². The summed E-state index contributed by atoms with van der Waals surface area (Å²) in [5, 5.41) is 28.7. The predicted octanol–water partition coefficient (Wildman–Crippen LogP) is 3.39. The van der Waals surface area contributed by atoms with Gasteiger partial charge in [-0.1, -0.05) is 24.3 Å². The van der Waals surface area contributed by atoms with Crippen molar-refractivity contribution in [3.8, 4) is 17.2 Å². The standard InChI is InChI=1S/C22H17NO5/c24-18-11-14(12-19(25)20(18)26)9-8-13-4-3-5-15(10-13)23-21(27)16-6-1-2-7-17(16)22(23)28/h1-7,10-12,24-26H,8-9H2. The van der Waals surface area contributed by atoms with Crippen molar-refractivity contribution in [2.75, 3.05) is 4.90 Å². The molecule has 6 heteroatoms. The number of phenols is 3. The lowest BCUT2D eigenvalue weighted by atomic mass is 10.0. The van der Waals surface area contributed by atoms with E-state index in [1.165, 1.54) is 17.0 Å². The zero-order valence-electron chi connectivity index (χ0n) is 14.8. The maximum absolute atomic E-state index is 12.6. The summed E-state index contributed by atoms with van der Waals surface area (Å²) in [7, 11) is 0. The number of carbonyl (C=O) groups is 2. The molecule has 2 amide bonds. The average molecular weight is 375 g/mol. The maximum Gasteiger partial charge on any atom is 0.266 e. The first-order valence-corrected chi connectivity index (χ1v) is 8.76. The van der Waals surface area contributed by atoms with Gasteiger partial charge in [-0.25, -0.2) is 4.90 Å². The van der Waals surface area contributed by atoms with Gasteiger partial charge >= 0.3 is 0 Å². The summed E-state index contributed by atoms with van der Waals surface area (Å²) < 4.78 is 0. The normalized spacial score (nSPS) is 13.1. The van der Waals surface area contributed by atoms with Crippen molar-refractivity contribution >= 4 is 17.5 Å². The summed E-state index contributed by atoms with van der Waals surface area (Å²) >= 11 is 0. The Balaban J connectivity index is 1.56. The number of rotatable bonds is 4. The number of benzene rings is 3. The topological polar surface area (TPSA) is 98.1 Å². The molecule has 3 aromatic carbocycles. The van der Waals surface area contributed by atoms with E-state index in [0.717, 1.165) is 5.56 Å². The average Bonchev–Trinajstić information content (AvgIpc) is 2.95. The van der Waals surface area contributed by atoms with Crippen molar-refractivity contribution < 1.29 is 24.9 Å². The molecule has 3 aromatic rings. The van der Waals surface area contributed by atoms with Crippen LogP contribution in [0, 0.1) is 0 Å². The molecule has 0 fully saturated rings. The molecule has 140 valence electrons. The quantitative estimate of drug-likeness (QED) is 0.480. The van der Waals surface area contributed by atoms with E-state index in [1.54, 1.807) is 42.5 Å². The van der Waals surface area contributed by atoms with Gasteiger partial charge < -0.3 is 15.3 Å². The molecule has 0 aromatic heterocycles. The van der Waals surface area contributed by atoms with Crippen molar-refractivity contribution in [2.45, 2.75) is 12.8 Å². The number of anilines is 1. The molecule has 0 radical (unpaired) electrons. The van der Waals surface area contributed by atoms with Gasteiger partial charge in [0.2, 0.25) is 0 Å². The number of imide groups is 1. The van der Waals surface area contributed by atoms with E-state index >= 15 is 0 Å². The predicted molar refractivity (Wildman–Crippen MR) is 103 cm³/mol. The minimum absolute atomic E-state index is 0.342. The molecule has 4 rings (SSSR count). The van der Waals surface area contributed by atoms with Crippen LogP contribution in [0.3, 0.4) is 0 Å². The van der Waals surface area contributed by atoms with Crippen LogP contribution in [0.5, 0.6) is 17.2 Å². The fourth-order valence-corrected chi connectivity index (χ4v) is 3.37. The van der Waals surface area contributed by atoms with Crippen LogP contribution in [-0.2, 0) is 12.8 Å². The third-order valence-electron chi connectivity index (χ3n) is 4.79. The highest BCUT2D eigenvalue weighted by Gasteiger charge is 2.36. The lowest BCUT2D eigenvalue weighted by Gasteiger charge is -2.15. The Hall–Kier alpha value is -3.80. The number of nitrogens with zero attached hydrogens (tertiary/aromatic N) is 1. The van der Waals surface area contributed by atoms with Crippen LogP contribution in [0.4, 0.5) is 5.69 Å². The summed E-state index contributed by atoms with van der Waals surface area (Å²) in [6.07, 6.45) is 1.05. The van der Waals surface area contributed by atoms with Gasteiger partial charge in [0, 0.05) is 0 Å². The Morgan fingerprint density at radius 2 is 1.25 bits per heavy atom. The van der Waals surface area contributed by atoms with Crippen LogP contribution < -0.4 is 4.90 Å². The Kier molecular flexibility index (Phi) is 4.24. The number of carbonyl (C=O) groups excluding carboxylic acids is 2. The highest BCUT2D eigenvalue weighted by Crippen LogP contribution is 2.36. The smallest absolute Gasteiger partial charge is 0.266 e. The summed E-state index contributed by atoms with van der Waals surface area (Å²) in [5.41, 5.74) is 2.83. The van der Waals surface area contributed by atoms with E-state index in [0.29, 0.717) is 35.2 Å². The van der Waals surface area contributed by atoms with Crippen LogP contribution in [0.15, 0.2) is 60.7 Å². The van der Waals surface area contributed by atoms with Gasteiger partial charge in [0.1, 0.15) is 0 Å². The first kappa shape index (κ1) is 17.6. The molecular formula is C22H17NO5. The summed E-state index contributed by atoms with van der Waals surface area (Å²) in [4.78, 5) is 26.4.